The molecule has 0 atom stereocenters. The molecule has 0 saturated heterocycles. The molecule has 6 aromatic rings. The molecule has 2 aromatic heterocycles. The molecule has 53 heavy (non-hydrogen) atoms. The van der Waals surface area contributed by atoms with Gasteiger partial charge in [0, 0.05) is 54.6 Å². The van der Waals surface area contributed by atoms with E-state index in [9.17, 15) is 24.6 Å². The van der Waals surface area contributed by atoms with Crippen molar-refractivity contribution in [1.29, 1.82) is 0 Å². The number of halogens is 1. The van der Waals surface area contributed by atoms with Crippen LogP contribution in [0.4, 0.5) is 15.8 Å². The summed E-state index contributed by atoms with van der Waals surface area (Å²) in [6.07, 6.45) is 3.76. The van der Waals surface area contributed by atoms with E-state index in [0.29, 0.717) is 35.5 Å². The van der Waals surface area contributed by atoms with E-state index < -0.39 is 21.4 Å². The Labute approximate surface area is 303 Å². The highest BCUT2D eigenvalue weighted by atomic mass is 19.1. The van der Waals surface area contributed by atoms with Crippen LogP contribution in [0.5, 0.6) is 17.2 Å². The van der Waals surface area contributed by atoms with Crippen molar-refractivity contribution in [2.24, 2.45) is 0 Å². The summed E-state index contributed by atoms with van der Waals surface area (Å²) in [5.74, 6) is 0.788. The van der Waals surface area contributed by atoms with Crippen LogP contribution >= 0.6 is 0 Å². The van der Waals surface area contributed by atoms with Gasteiger partial charge in [-0.2, -0.15) is 4.39 Å². The maximum atomic E-state index is 13.8. The smallest absolute Gasteiger partial charge is 0.310 e. The third-order valence-electron chi connectivity index (χ3n) is 7.63. The number of nitrogens with zero attached hydrogens (tertiary/aromatic N) is 6. The minimum absolute atomic E-state index is 0.0614. The molecule has 1 N–H and O–H groups in total. The van der Waals surface area contributed by atoms with Gasteiger partial charge in [-0.25, -0.2) is 19.9 Å². The minimum atomic E-state index is -0.860. The Kier molecular flexibility index (Phi) is 13.9. The molecule has 2 heterocycles. The van der Waals surface area contributed by atoms with Gasteiger partial charge in [0.1, 0.15) is 24.2 Å². The van der Waals surface area contributed by atoms with Gasteiger partial charge in [0.15, 0.2) is 5.75 Å². The third kappa shape index (κ3) is 10.1. The number of benzene rings is 4. The molecule has 0 saturated carbocycles. The second kappa shape index (κ2) is 18.9. The number of aliphatic hydroxyl groups is 1. The summed E-state index contributed by atoms with van der Waals surface area (Å²) in [6, 6.07) is 27.4. The van der Waals surface area contributed by atoms with Crippen LogP contribution in [-0.2, 0) is 12.8 Å². The molecule has 15 heteroatoms. The van der Waals surface area contributed by atoms with Gasteiger partial charge < -0.3 is 19.3 Å². The molecule has 0 unspecified atom stereocenters. The fourth-order valence-corrected chi connectivity index (χ4v) is 5.21. The molecule has 0 bridgehead atoms. The van der Waals surface area contributed by atoms with Crippen LogP contribution < -0.4 is 14.2 Å². The molecule has 14 nitrogen and oxygen atoms in total. The third-order valence-corrected chi connectivity index (χ3v) is 7.63. The lowest BCUT2D eigenvalue weighted by Gasteiger charge is -2.09. The quantitative estimate of drug-likeness (QED) is 0.106. The molecule has 6 rings (SSSR count). The van der Waals surface area contributed by atoms with Crippen molar-refractivity contribution in [3.8, 4) is 39.8 Å². The lowest BCUT2D eigenvalue weighted by molar-refractivity contribution is -0.387. The van der Waals surface area contributed by atoms with Crippen molar-refractivity contribution in [3.63, 3.8) is 0 Å². The molecular formula is C38H35FN6O8. The maximum Gasteiger partial charge on any atom is 0.310 e. The molecule has 272 valence electrons. The monoisotopic (exact) mass is 722 g/mol. The zero-order chi connectivity index (χ0) is 38.3. The van der Waals surface area contributed by atoms with Crippen LogP contribution in [-0.4, -0.2) is 63.3 Å². The SMILES string of the molecule is CO.COc1ccccc1-c1cc(Cc2ccc([N+](=O)[O-])c(F)c2)ncn1.COc1ccccc1-c1cc(Cc2ccc([N+](=O)[O-])c(OC)c2)ncn1. The average molecular weight is 723 g/mol. The van der Waals surface area contributed by atoms with Crippen LogP contribution in [0.2, 0.25) is 0 Å². The first-order valence-electron chi connectivity index (χ1n) is 15.8. The Morgan fingerprint density at radius 3 is 1.45 bits per heavy atom. The lowest BCUT2D eigenvalue weighted by Crippen LogP contribution is -1.98. The van der Waals surface area contributed by atoms with E-state index in [4.69, 9.17) is 19.3 Å². The van der Waals surface area contributed by atoms with Gasteiger partial charge in [0.2, 0.25) is 5.82 Å². The summed E-state index contributed by atoms with van der Waals surface area (Å²) >= 11 is 0. The van der Waals surface area contributed by atoms with Gasteiger partial charge >= 0.3 is 11.4 Å². The van der Waals surface area contributed by atoms with E-state index in [2.05, 4.69) is 19.9 Å². The second-order valence-corrected chi connectivity index (χ2v) is 10.8. The first-order chi connectivity index (χ1) is 25.7. The molecular weight excluding hydrogens is 687 g/mol. The van der Waals surface area contributed by atoms with Crippen molar-refractivity contribution in [1.82, 2.24) is 19.9 Å². The number of ether oxygens (including phenoxy) is 3. The molecule has 0 amide bonds. The van der Waals surface area contributed by atoms with E-state index in [-0.39, 0.29) is 11.4 Å². The number of aliphatic hydroxyl groups excluding tert-OH is 1. The number of hydrogen-bond acceptors (Lipinski definition) is 12. The molecule has 0 aliphatic heterocycles. The van der Waals surface area contributed by atoms with Crippen molar-refractivity contribution < 1.29 is 33.6 Å². The van der Waals surface area contributed by atoms with Crippen LogP contribution in [0.1, 0.15) is 22.5 Å². The number of nitro groups is 2. The normalized spacial score (nSPS) is 10.2. The highest BCUT2D eigenvalue weighted by Crippen LogP contribution is 2.31. The van der Waals surface area contributed by atoms with Gasteiger partial charge in [-0.15, -0.1) is 0 Å². The highest BCUT2D eigenvalue weighted by Gasteiger charge is 2.17. The van der Waals surface area contributed by atoms with Gasteiger partial charge in [0.25, 0.3) is 0 Å². The summed E-state index contributed by atoms with van der Waals surface area (Å²) in [7, 11) is 5.61. The fourth-order valence-electron chi connectivity index (χ4n) is 5.21. The van der Waals surface area contributed by atoms with Crippen LogP contribution in [0.15, 0.2) is 110 Å². The fraction of sp³-hybridized carbons (Fsp3) is 0.158. The minimum Gasteiger partial charge on any atom is -0.496 e. The van der Waals surface area contributed by atoms with Gasteiger partial charge in [-0.1, -0.05) is 36.4 Å². The first-order valence-corrected chi connectivity index (χ1v) is 15.8. The summed E-state index contributed by atoms with van der Waals surface area (Å²) in [5, 5.41) is 28.7. The average Bonchev–Trinajstić information content (AvgIpc) is 3.18. The van der Waals surface area contributed by atoms with Crippen LogP contribution in [0.3, 0.4) is 0 Å². The molecule has 4 aromatic carbocycles. The topological polar surface area (TPSA) is 186 Å². The molecule has 0 aliphatic rings. The predicted molar refractivity (Wildman–Crippen MR) is 194 cm³/mol. The Morgan fingerprint density at radius 1 is 0.585 bits per heavy atom. The van der Waals surface area contributed by atoms with Crippen LogP contribution in [0, 0.1) is 26.0 Å². The van der Waals surface area contributed by atoms with Crippen molar-refractivity contribution in [2.75, 3.05) is 28.4 Å². The molecule has 0 fully saturated rings. The molecule has 0 aliphatic carbocycles. The number of hydrogen-bond donors (Lipinski definition) is 1. The van der Waals surface area contributed by atoms with Crippen molar-refractivity contribution in [2.45, 2.75) is 12.8 Å². The number of methoxy groups -OCH3 is 3. The Bertz CT molecular complexity index is 2190. The maximum absolute atomic E-state index is 13.8. The lowest BCUT2D eigenvalue weighted by atomic mass is 10.1. The summed E-state index contributed by atoms with van der Waals surface area (Å²) in [5.41, 5.74) is 5.44. The van der Waals surface area contributed by atoms with E-state index in [1.54, 1.807) is 32.4 Å². The molecule has 0 spiro atoms. The second-order valence-electron chi connectivity index (χ2n) is 10.8. The zero-order valence-electron chi connectivity index (χ0n) is 29.2. The first kappa shape index (κ1) is 38.9. The Morgan fingerprint density at radius 2 is 1.02 bits per heavy atom. The summed E-state index contributed by atoms with van der Waals surface area (Å²) in [4.78, 5) is 37.6. The van der Waals surface area contributed by atoms with Crippen LogP contribution in [0.25, 0.3) is 22.5 Å². The number of nitro benzene ring substituents is 2. The number of rotatable bonds is 11. The predicted octanol–water partition coefficient (Wildman–Crippen LogP) is 7.06. The van der Waals surface area contributed by atoms with Gasteiger partial charge in [-0.05, 0) is 59.7 Å². The Hall–Kier alpha value is -6.87. The van der Waals surface area contributed by atoms with Crippen molar-refractivity contribution >= 4 is 11.4 Å². The van der Waals surface area contributed by atoms with E-state index in [1.165, 1.54) is 31.9 Å². The van der Waals surface area contributed by atoms with E-state index in [1.807, 2.05) is 54.6 Å². The van der Waals surface area contributed by atoms with Crippen molar-refractivity contribution in [3.05, 3.63) is 158 Å². The molecule has 0 radical (unpaired) electrons. The van der Waals surface area contributed by atoms with Gasteiger partial charge in [-0.3, -0.25) is 20.2 Å². The summed E-state index contributed by atoms with van der Waals surface area (Å²) in [6.45, 7) is 0. The number of para-hydroxylation sites is 2. The van der Waals surface area contributed by atoms with E-state index >= 15 is 0 Å². The zero-order valence-corrected chi connectivity index (χ0v) is 29.2. The number of aromatic nitrogens is 4. The largest absolute Gasteiger partial charge is 0.496 e. The van der Waals surface area contributed by atoms with E-state index in [0.717, 1.165) is 53.1 Å². The standard InChI is InChI=1S/C19H17N3O4.C18H14FN3O3.CH4O/c1-25-18-6-4-3-5-15(18)16-11-14(20-12-21-16)9-13-7-8-17(22(23)24)19(10-13)26-2;1-25-18-5-3-2-4-14(18)16-10-13(20-11-21-16)8-12-6-7-17(22(23)24)15(19)9-12;1-2/h3-8,10-12H,9H2,1-2H3;2-7,9-11H,8H2,1H3;2H,1H3. The Balaban J connectivity index is 0.000000226. The summed E-state index contributed by atoms with van der Waals surface area (Å²) < 4.78 is 29.6. The highest BCUT2D eigenvalue weighted by molar-refractivity contribution is 5.68. The van der Waals surface area contributed by atoms with Gasteiger partial charge in [0.05, 0.1) is 42.6 Å².